The van der Waals surface area contributed by atoms with Crippen molar-refractivity contribution >= 4 is 47.8 Å². The van der Waals surface area contributed by atoms with E-state index in [4.69, 9.17) is 0 Å². The van der Waals surface area contributed by atoms with Crippen molar-refractivity contribution < 1.29 is 8.78 Å². The summed E-state index contributed by atoms with van der Waals surface area (Å²) in [5.41, 5.74) is 1.35. The fourth-order valence-electron chi connectivity index (χ4n) is 1.76. The maximum atomic E-state index is 13.6. The van der Waals surface area contributed by atoms with E-state index in [-0.39, 0.29) is 4.83 Å². The highest BCUT2D eigenvalue weighted by Crippen LogP contribution is 2.34. The molecule has 5 heteroatoms. The van der Waals surface area contributed by atoms with Crippen molar-refractivity contribution in [3.05, 3.63) is 68.1 Å². The predicted octanol–water partition coefficient (Wildman–Crippen LogP) is 6.17. The predicted molar refractivity (Wildman–Crippen MR) is 83.6 cm³/mol. The molecule has 1 atom stereocenters. The number of benzene rings is 2. The quantitative estimate of drug-likeness (QED) is 0.486. The van der Waals surface area contributed by atoms with Gasteiger partial charge in [-0.25, -0.2) is 8.78 Å². The van der Waals surface area contributed by atoms with E-state index in [9.17, 15) is 8.78 Å². The Labute approximate surface area is 135 Å². The molecular formula is C14H9Br3F2. The zero-order chi connectivity index (χ0) is 14.0. The lowest BCUT2D eigenvalue weighted by Crippen LogP contribution is -2.00. The van der Waals surface area contributed by atoms with Gasteiger partial charge in [-0.05, 0) is 35.7 Å². The van der Waals surface area contributed by atoms with Crippen LogP contribution in [0.5, 0.6) is 0 Å². The summed E-state index contributed by atoms with van der Waals surface area (Å²) >= 11 is 10.4. The molecule has 2 aromatic carbocycles. The summed E-state index contributed by atoms with van der Waals surface area (Å²) in [6.07, 6.45) is 0.379. The van der Waals surface area contributed by atoms with Crippen molar-refractivity contribution in [1.29, 1.82) is 0 Å². The zero-order valence-corrected chi connectivity index (χ0v) is 14.4. The Morgan fingerprint density at radius 2 is 1.79 bits per heavy atom. The first-order valence-corrected chi connectivity index (χ1v) is 8.01. The van der Waals surface area contributed by atoms with Crippen molar-refractivity contribution in [2.45, 2.75) is 11.2 Å². The molecule has 0 aliphatic rings. The first-order valence-electron chi connectivity index (χ1n) is 5.51. The zero-order valence-electron chi connectivity index (χ0n) is 9.64. The largest absolute Gasteiger partial charge is 0.204 e. The number of halogens is 5. The Bertz CT molecular complexity index is 599. The second-order valence-electron chi connectivity index (χ2n) is 4.05. The minimum absolute atomic E-state index is 0.0914. The summed E-state index contributed by atoms with van der Waals surface area (Å²) in [5.74, 6) is -1.59. The van der Waals surface area contributed by atoms with Crippen LogP contribution in [0.2, 0.25) is 0 Å². The first-order chi connectivity index (χ1) is 8.99. The average Bonchev–Trinajstić information content (AvgIpc) is 2.34. The molecule has 100 valence electrons. The molecular weight excluding hydrogens is 446 g/mol. The molecule has 1 unspecified atom stereocenters. The average molecular weight is 455 g/mol. The fraction of sp³-hybridized carbons (Fsp3) is 0.143. The van der Waals surface area contributed by atoms with E-state index >= 15 is 0 Å². The van der Waals surface area contributed by atoms with Gasteiger partial charge in [0.1, 0.15) is 0 Å². The first kappa shape index (κ1) is 15.1. The second-order valence-corrected chi connectivity index (χ2v) is 6.93. The van der Waals surface area contributed by atoms with E-state index in [2.05, 4.69) is 47.8 Å². The van der Waals surface area contributed by atoms with Crippen molar-refractivity contribution in [2.24, 2.45) is 0 Å². The number of hydrogen-bond donors (Lipinski definition) is 0. The molecule has 0 saturated carbocycles. The normalized spacial score (nSPS) is 12.5. The van der Waals surface area contributed by atoms with Gasteiger partial charge in [0, 0.05) is 13.8 Å². The Balaban J connectivity index is 2.25. The molecule has 0 spiro atoms. The highest BCUT2D eigenvalue weighted by Gasteiger charge is 2.16. The fourth-order valence-corrected chi connectivity index (χ4v) is 4.14. The minimum atomic E-state index is -0.813. The van der Waals surface area contributed by atoms with Gasteiger partial charge in [0.2, 0.25) is 0 Å². The molecule has 0 bridgehead atoms. The molecule has 19 heavy (non-hydrogen) atoms. The lowest BCUT2D eigenvalue weighted by Gasteiger charge is -2.13. The third-order valence-corrected chi connectivity index (χ3v) is 4.73. The molecule has 2 aromatic rings. The number of hydrogen-bond acceptors (Lipinski definition) is 0. The third-order valence-electron chi connectivity index (χ3n) is 2.73. The highest BCUT2D eigenvalue weighted by molar-refractivity contribution is 9.11. The van der Waals surface area contributed by atoms with Gasteiger partial charge in [0.25, 0.3) is 0 Å². The Morgan fingerprint density at radius 3 is 2.47 bits per heavy atom. The van der Waals surface area contributed by atoms with Gasteiger partial charge in [-0.3, -0.25) is 0 Å². The van der Waals surface area contributed by atoms with Crippen LogP contribution in [0.15, 0.2) is 45.3 Å². The Kier molecular flexibility index (Phi) is 5.15. The topological polar surface area (TPSA) is 0 Å². The standard InChI is InChI=1S/C14H9Br3F2/c15-9-4-5-10(12(17)7-9)11(16)6-8-2-1-3-13(18)14(8)19/h1-5,7,11H,6H2. The third kappa shape index (κ3) is 3.64. The van der Waals surface area contributed by atoms with E-state index in [1.54, 1.807) is 6.07 Å². The molecule has 0 aliphatic carbocycles. The monoisotopic (exact) mass is 452 g/mol. The molecule has 0 saturated heterocycles. The molecule has 0 heterocycles. The van der Waals surface area contributed by atoms with Crippen LogP contribution in [0.4, 0.5) is 8.78 Å². The SMILES string of the molecule is Fc1cccc(CC(Br)c2ccc(Br)cc2Br)c1F. The summed E-state index contributed by atoms with van der Waals surface area (Å²) in [6.45, 7) is 0. The van der Waals surface area contributed by atoms with E-state index in [0.717, 1.165) is 20.6 Å². The molecule has 0 nitrogen and oxygen atoms in total. The molecule has 0 radical (unpaired) electrons. The number of alkyl halides is 1. The van der Waals surface area contributed by atoms with Crippen molar-refractivity contribution in [1.82, 2.24) is 0 Å². The van der Waals surface area contributed by atoms with E-state index < -0.39 is 11.6 Å². The van der Waals surface area contributed by atoms with E-state index in [1.807, 2.05) is 18.2 Å². The van der Waals surface area contributed by atoms with E-state index in [0.29, 0.717) is 12.0 Å². The van der Waals surface area contributed by atoms with E-state index in [1.165, 1.54) is 6.07 Å². The molecule has 2 rings (SSSR count). The van der Waals surface area contributed by atoms with Gasteiger partial charge in [0.05, 0.1) is 0 Å². The lowest BCUT2D eigenvalue weighted by molar-refractivity contribution is 0.498. The molecule has 0 fully saturated rings. The van der Waals surface area contributed by atoms with Crippen molar-refractivity contribution in [3.63, 3.8) is 0 Å². The van der Waals surface area contributed by atoms with Crippen LogP contribution in [0, 0.1) is 11.6 Å². The lowest BCUT2D eigenvalue weighted by atomic mass is 10.0. The van der Waals surface area contributed by atoms with Crippen LogP contribution in [-0.2, 0) is 6.42 Å². The maximum Gasteiger partial charge on any atom is 0.162 e. The summed E-state index contributed by atoms with van der Waals surface area (Å²) in [4.78, 5) is -0.0914. The highest BCUT2D eigenvalue weighted by atomic mass is 79.9. The van der Waals surface area contributed by atoms with Gasteiger partial charge in [-0.15, -0.1) is 0 Å². The minimum Gasteiger partial charge on any atom is -0.204 e. The summed E-state index contributed by atoms with van der Waals surface area (Å²) in [7, 11) is 0. The van der Waals surface area contributed by atoms with Gasteiger partial charge in [-0.1, -0.05) is 66.0 Å². The van der Waals surface area contributed by atoms with Crippen LogP contribution < -0.4 is 0 Å². The van der Waals surface area contributed by atoms with Crippen LogP contribution in [0.1, 0.15) is 16.0 Å². The van der Waals surface area contributed by atoms with Crippen molar-refractivity contribution in [3.8, 4) is 0 Å². The van der Waals surface area contributed by atoms with Gasteiger partial charge < -0.3 is 0 Å². The molecule has 0 aliphatic heterocycles. The van der Waals surface area contributed by atoms with Gasteiger partial charge >= 0.3 is 0 Å². The molecule has 0 aromatic heterocycles. The Hall–Kier alpha value is -0.260. The Morgan fingerprint density at radius 1 is 1.05 bits per heavy atom. The smallest absolute Gasteiger partial charge is 0.162 e. The van der Waals surface area contributed by atoms with Crippen LogP contribution in [-0.4, -0.2) is 0 Å². The summed E-state index contributed by atoms with van der Waals surface area (Å²) in [6, 6.07) is 10.0. The molecule has 0 N–H and O–H groups in total. The van der Waals surface area contributed by atoms with Gasteiger partial charge in [-0.2, -0.15) is 0 Å². The number of rotatable bonds is 3. The second kappa shape index (κ2) is 6.46. The molecule has 0 amide bonds. The summed E-state index contributed by atoms with van der Waals surface area (Å²) < 4.78 is 28.7. The summed E-state index contributed by atoms with van der Waals surface area (Å²) in [5, 5.41) is 0. The van der Waals surface area contributed by atoms with Crippen LogP contribution in [0.25, 0.3) is 0 Å². The van der Waals surface area contributed by atoms with Crippen molar-refractivity contribution in [2.75, 3.05) is 0 Å². The van der Waals surface area contributed by atoms with Gasteiger partial charge in [0.15, 0.2) is 11.6 Å². The maximum absolute atomic E-state index is 13.6. The van der Waals surface area contributed by atoms with Crippen LogP contribution in [0.3, 0.4) is 0 Å². The van der Waals surface area contributed by atoms with Crippen LogP contribution >= 0.6 is 47.8 Å².